The third kappa shape index (κ3) is 5.68. The van der Waals surface area contributed by atoms with Crippen molar-refractivity contribution in [2.45, 2.75) is 13.1 Å². The van der Waals surface area contributed by atoms with Gasteiger partial charge in [-0.05, 0) is 42.8 Å². The second-order valence-electron chi connectivity index (χ2n) is 7.15. The summed E-state index contributed by atoms with van der Waals surface area (Å²) >= 11 is 0. The molecule has 1 aromatic heterocycles. The topological polar surface area (TPSA) is 131 Å². The van der Waals surface area contributed by atoms with Crippen LogP contribution < -0.4 is 22.1 Å². The highest BCUT2D eigenvalue weighted by molar-refractivity contribution is 6.22. The lowest BCUT2D eigenvalue weighted by Gasteiger charge is -2.11. The molecule has 34 heavy (non-hydrogen) atoms. The summed E-state index contributed by atoms with van der Waals surface area (Å²) in [4.78, 5) is 25.1. The molecule has 176 valence electrons. The first-order chi connectivity index (χ1) is 16.1. The highest BCUT2D eigenvalue weighted by Gasteiger charge is 2.30. The SMILES string of the molecule is CNc1cc(/C(=C/N)C(N)=Nc2cc(NC(=O)c3cccc(C(F)(F)F)c3)ccc2C)ncn1. The Morgan fingerprint density at radius 2 is 1.88 bits per heavy atom. The van der Waals surface area contributed by atoms with Gasteiger partial charge in [-0.2, -0.15) is 13.2 Å². The zero-order valence-electron chi connectivity index (χ0n) is 18.3. The summed E-state index contributed by atoms with van der Waals surface area (Å²) in [5.74, 6) is -0.0543. The van der Waals surface area contributed by atoms with E-state index in [4.69, 9.17) is 11.5 Å². The fraction of sp³-hybridized carbons (Fsp3) is 0.130. The van der Waals surface area contributed by atoms with E-state index in [1.54, 1.807) is 38.2 Å². The maximum absolute atomic E-state index is 13.0. The van der Waals surface area contributed by atoms with Crippen molar-refractivity contribution in [3.63, 3.8) is 0 Å². The van der Waals surface area contributed by atoms with E-state index in [1.807, 2.05) is 0 Å². The lowest BCUT2D eigenvalue weighted by molar-refractivity contribution is -0.137. The van der Waals surface area contributed by atoms with Crippen LogP contribution in [-0.2, 0) is 6.18 Å². The number of nitrogens with two attached hydrogens (primary N) is 2. The van der Waals surface area contributed by atoms with E-state index in [0.717, 1.165) is 17.7 Å². The number of nitrogens with zero attached hydrogens (tertiary/aromatic N) is 3. The molecule has 0 saturated carbocycles. The van der Waals surface area contributed by atoms with Gasteiger partial charge in [-0.25, -0.2) is 15.0 Å². The van der Waals surface area contributed by atoms with Gasteiger partial charge < -0.3 is 22.1 Å². The van der Waals surface area contributed by atoms with Crippen LogP contribution in [0, 0.1) is 6.92 Å². The molecular formula is C23H22F3N7O. The predicted octanol–water partition coefficient (Wildman–Crippen LogP) is 4.09. The predicted molar refractivity (Wildman–Crippen MR) is 126 cm³/mol. The van der Waals surface area contributed by atoms with Crippen molar-refractivity contribution in [1.29, 1.82) is 0 Å². The van der Waals surface area contributed by atoms with Crippen molar-refractivity contribution in [2.24, 2.45) is 16.5 Å². The molecule has 0 aliphatic heterocycles. The van der Waals surface area contributed by atoms with Gasteiger partial charge >= 0.3 is 6.18 Å². The fourth-order valence-corrected chi connectivity index (χ4v) is 2.98. The maximum Gasteiger partial charge on any atom is 0.416 e. The van der Waals surface area contributed by atoms with E-state index >= 15 is 0 Å². The number of nitrogens with one attached hydrogen (secondary N) is 2. The third-order valence-corrected chi connectivity index (χ3v) is 4.80. The monoisotopic (exact) mass is 469 g/mol. The molecule has 0 radical (unpaired) electrons. The Morgan fingerprint density at radius 3 is 2.56 bits per heavy atom. The van der Waals surface area contributed by atoms with Crippen molar-refractivity contribution in [3.8, 4) is 0 Å². The van der Waals surface area contributed by atoms with Gasteiger partial charge in [-0.15, -0.1) is 0 Å². The summed E-state index contributed by atoms with van der Waals surface area (Å²) in [6.07, 6.45) is -1.92. The number of aliphatic imine (C=N–C) groups is 1. The molecule has 0 aliphatic carbocycles. The minimum Gasteiger partial charge on any atom is -0.404 e. The average Bonchev–Trinajstić information content (AvgIpc) is 2.81. The molecule has 6 N–H and O–H groups in total. The number of hydrogen-bond donors (Lipinski definition) is 4. The Bertz CT molecular complexity index is 1270. The molecule has 0 atom stereocenters. The van der Waals surface area contributed by atoms with Gasteiger partial charge in [0, 0.05) is 30.6 Å². The Labute approximate surface area is 193 Å². The smallest absolute Gasteiger partial charge is 0.404 e. The quantitative estimate of drug-likeness (QED) is 0.318. The Balaban J connectivity index is 1.87. The second-order valence-corrected chi connectivity index (χ2v) is 7.15. The van der Waals surface area contributed by atoms with Gasteiger partial charge in [-0.1, -0.05) is 12.1 Å². The van der Waals surface area contributed by atoms with Crippen LogP contribution in [-0.4, -0.2) is 28.8 Å². The lowest BCUT2D eigenvalue weighted by Crippen LogP contribution is -2.16. The number of amides is 1. The largest absolute Gasteiger partial charge is 0.416 e. The number of carbonyl (C=O) groups excluding carboxylic acids is 1. The summed E-state index contributed by atoms with van der Waals surface area (Å²) in [6, 6.07) is 10.7. The van der Waals surface area contributed by atoms with Crippen LogP contribution >= 0.6 is 0 Å². The molecule has 3 aromatic rings. The van der Waals surface area contributed by atoms with Crippen LogP contribution in [0.3, 0.4) is 0 Å². The molecule has 1 amide bonds. The van der Waals surface area contributed by atoms with Crippen LogP contribution in [0.15, 0.2) is 66.1 Å². The van der Waals surface area contributed by atoms with Gasteiger partial charge in [0.2, 0.25) is 0 Å². The Morgan fingerprint density at radius 1 is 1.12 bits per heavy atom. The molecule has 8 nitrogen and oxygen atoms in total. The first-order valence-corrected chi connectivity index (χ1v) is 9.98. The number of amidine groups is 1. The maximum atomic E-state index is 13.0. The highest BCUT2D eigenvalue weighted by atomic mass is 19.4. The molecular weight excluding hydrogens is 447 g/mol. The molecule has 0 unspecified atom stereocenters. The van der Waals surface area contributed by atoms with E-state index in [0.29, 0.717) is 28.5 Å². The van der Waals surface area contributed by atoms with E-state index in [1.165, 1.54) is 24.7 Å². The lowest BCUT2D eigenvalue weighted by atomic mass is 10.1. The van der Waals surface area contributed by atoms with Gasteiger partial charge in [0.15, 0.2) is 0 Å². The van der Waals surface area contributed by atoms with Crippen molar-refractivity contribution < 1.29 is 18.0 Å². The zero-order valence-corrected chi connectivity index (χ0v) is 18.3. The van der Waals surface area contributed by atoms with Crippen molar-refractivity contribution in [2.75, 3.05) is 17.7 Å². The first kappa shape index (κ1) is 24.2. The summed E-state index contributed by atoms with van der Waals surface area (Å²) in [7, 11) is 1.71. The molecule has 3 rings (SSSR count). The minimum absolute atomic E-state index is 0.0766. The number of anilines is 2. The minimum atomic E-state index is -4.55. The summed E-state index contributed by atoms with van der Waals surface area (Å²) in [6.45, 7) is 1.79. The first-order valence-electron chi connectivity index (χ1n) is 9.98. The molecule has 11 heteroatoms. The van der Waals surface area contributed by atoms with Crippen molar-refractivity contribution in [3.05, 3.63) is 83.4 Å². The van der Waals surface area contributed by atoms with Gasteiger partial charge in [0.25, 0.3) is 5.91 Å². The standard InChI is InChI=1S/C23H22F3N7O/c1-13-6-7-16(32-22(34)14-4-3-5-15(8-14)23(24,25)26)9-18(13)33-21(28)17(11-27)19-10-20(29-2)31-12-30-19/h3-12H,27H2,1-2H3,(H2,28,33)(H,32,34)(H,29,30,31)/b17-11-. The van der Waals surface area contributed by atoms with Crippen LogP contribution in [0.2, 0.25) is 0 Å². The number of halogens is 3. The molecule has 1 heterocycles. The van der Waals surface area contributed by atoms with Gasteiger partial charge in [-0.3, -0.25) is 4.79 Å². The van der Waals surface area contributed by atoms with Crippen LogP contribution in [0.25, 0.3) is 5.57 Å². The molecule has 0 saturated heterocycles. The summed E-state index contributed by atoms with van der Waals surface area (Å²) in [5.41, 5.74) is 13.2. The Hall–Kier alpha value is -4.41. The molecule has 0 aliphatic rings. The molecule has 0 fully saturated rings. The Kier molecular flexibility index (Phi) is 7.15. The van der Waals surface area contributed by atoms with Crippen LogP contribution in [0.5, 0.6) is 0 Å². The number of rotatable bonds is 6. The van der Waals surface area contributed by atoms with E-state index in [2.05, 4.69) is 25.6 Å². The summed E-state index contributed by atoms with van der Waals surface area (Å²) < 4.78 is 38.9. The number of benzene rings is 2. The second kappa shape index (κ2) is 10.0. The fourth-order valence-electron chi connectivity index (χ4n) is 2.98. The van der Waals surface area contributed by atoms with Crippen LogP contribution in [0.1, 0.15) is 27.2 Å². The highest BCUT2D eigenvalue weighted by Crippen LogP contribution is 2.30. The van der Waals surface area contributed by atoms with E-state index in [9.17, 15) is 18.0 Å². The van der Waals surface area contributed by atoms with Gasteiger partial charge in [0.05, 0.1) is 22.5 Å². The van der Waals surface area contributed by atoms with Crippen molar-refractivity contribution >= 4 is 34.5 Å². The van der Waals surface area contributed by atoms with Crippen molar-refractivity contribution in [1.82, 2.24) is 9.97 Å². The number of hydrogen-bond acceptors (Lipinski definition) is 6. The normalized spacial score (nSPS) is 12.4. The van der Waals surface area contributed by atoms with Crippen LogP contribution in [0.4, 0.5) is 30.4 Å². The molecule has 0 bridgehead atoms. The zero-order chi connectivity index (χ0) is 24.9. The number of aryl methyl sites for hydroxylation is 1. The summed E-state index contributed by atoms with van der Waals surface area (Å²) in [5, 5.41) is 5.48. The third-order valence-electron chi connectivity index (χ3n) is 4.80. The molecule has 2 aromatic carbocycles. The number of aromatic nitrogens is 2. The molecule has 0 spiro atoms. The number of carbonyl (C=O) groups is 1. The average molecular weight is 469 g/mol. The van der Waals surface area contributed by atoms with E-state index in [-0.39, 0.29) is 11.4 Å². The number of alkyl halides is 3. The van der Waals surface area contributed by atoms with Gasteiger partial charge in [0.1, 0.15) is 18.0 Å². The van der Waals surface area contributed by atoms with E-state index < -0.39 is 17.6 Å².